The lowest BCUT2D eigenvalue weighted by atomic mass is 10.1. The van der Waals surface area contributed by atoms with Crippen molar-refractivity contribution >= 4 is 17.7 Å². The van der Waals surface area contributed by atoms with Crippen molar-refractivity contribution in [1.82, 2.24) is 15.1 Å². The molecule has 0 aliphatic carbocycles. The molecule has 0 aromatic heterocycles. The van der Waals surface area contributed by atoms with Crippen molar-refractivity contribution in [3.63, 3.8) is 0 Å². The highest BCUT2D eigenvalue weighted by Crippen LogP contribution is 2.22. The monoisotopic (exact) mass is 301 g/mol. The van der Waals surface area contributed by atoms with Gasteiger partial charge in [-0.15, -0.1) is 0 Å². The molecule has 3 rings (SSSR count). The summed E-state index contributed by atoms with van der Waals surface area (Å²) in [7, 11) is 0. The third kappa shape index (κ3) is 2.74. The molecule has 116 valence electrons. The quantitative estimate of drug-likeness (QED) is 0.837. The van der Waals surface area contributed by atoms with Gasteiger partial charge in [-0.3, -0.25) is 24.6 Å². The molecule has 3 amide bonds. The number of amides is 3. The molecule has 1 aromatic rings. The van der Waals surface area contributed by atoms with Gasteiger partial charge >= 0.3 is 0 Å². The Kier molecular flexibility index (Phi) is 4.20. The smallest absolute Gasteiger partial charge is 0.261 e. The Morgan fingerprint density at radius 2 is 1.82 bits per heavy atom. The summed E-state index contributed by atoms with van der Waals surface area (Å²) in [5.41, 5.74) is 0.915. The number of imide groups is 1. The van der Waals surface area contributed by atoms with Gasteiger partial charge < -0.3 is 4.90 Å². The van der Waals surface area contributed by atoms with Crippen LogP contribution in [-0.2, 0) is 4.79 Å². The summed E-state index contributed by atoms with van der Waals surface area (Å²) in [6, 6.07) is 6.83. The van der Waals surface area contributed by atoms with E-state index in [1.807, 2.05) is 0 Å². The van der Waals surface area contributed by atoms with Gasteiger partial charge in [-0.2, -0.15) is 0 Å². The predicted molar refractivity (Wildman–Crippen MR) is 80.2 cm³/mol. The average molecular weight is 301 g/mol. The Morgan fingerprint density at radius 1 is 1.14 bits per heavy atom. The number of carbonyl (C=O) groups is 3. The van der Waals surface area contributed by atoms with Crippen molar-refractivity contribution in [3.8, 4) is 0 Å². The number of nitrogens with one attached hydrogen (secondary N) is 1. The highest BCUT2D eigenvalue weighted by atomic mass is 16.2. The third-order valence-corrected chi connectivity index (χ3v) is 4.09. The maximum Gasteiger partial charge on any atom is 0.261 e. The van der Waals surface area contributed by atoms with E-state index in [-0.39, 0.29) is 17.7 Å². The Bertz CT molecular complexity index is 573. The fraction of sp³-hybridized carbons (Fsp3) is 0.438. The van der Waals surface area contributed by atoms with Crippen LogP contribution in [0.25, 0.3) is 0 Å². The summed E-state index contributed by atoms with van der Waals surface area (Å²) in [5.74, 6) is -0.441. The number of nitrogens with zero attached hydrogens (tertiary/aromatic N) is 2. The second-order valence-electron chi connectivity index (χ2n) is 5.58. The number of hydrogen-bond donors (Lipinski definition) is 1. The third-order valence-electron chi connectivity index (χ3n) is 4.09. The molecule has 22 heavy (non-hydrogen) atoms. The molecule has 1 N–H and O–H groups in total. The van der Waals surface area contributed by atoms with Crippen LogP contribution < -0.4 is 5.32 Å². The predicted octanol–water partition coefficient (Wildman–Crippen LogP) is 0.842. The van der Waals surface area contributed by atoms with Crippen LogP contribution in [0.4, 0.5) is 0 Å². The van der Waals surface area contributed by atoms with Crippen molar-refractivity contribution < 1.29 is 14.4 Å². The molecular formula is C16H19N3O3. The van der Waals surface area contributed by atoms with Crippen LogP contribution in [0.15, 0.2) is 24.3 Å². The molecular weight excluding hydrogens is 282 g/mol. The number of rotatable bonds is 4. The lowest BCUT2D eigenvalue weighted by molar-refractivity contribution is -0.132. The van der Waals surface area contributed by atoms with E-state index in [1.54, 1.807) is 29.2 Å². The fourth-order valence-corrected chi connectivity index (χ4v) is 2.89. The molecule has 2 heterocycles. The van der Waals surface area contributed by atoms with Crippen molar-refractivity contribution in [2.24, 2.45) is 0 Å². The van der Waals surface area contributed by atoms with Gasteiger partial charge in [-0.25, -0.2) is 0 Å². The lowest BCUT2D eigenvalue weighted by Crippen LogP contribution is -2.45. The van der Waals surface area contributed by atoms with E-state index in [0.29, 0.717) is 37.2 Å². The molecule has 2 aliphatic heterocycles. The van der Waals surface area contributed by atoms with Gasteiger partial charge in [0.15, 0.2) is 0 Å². The zero-order valence-electron chi connectivity index (χ0n) is 12.4. The highest BCUT2D eigenvalue weighted by molar-refractivity contribution is 6.21. The minimum atomic E-state index is -0.257. The summed E-state index contributed by atoms with van der Waals surface area (Å²) >= 11 is 0. The van der Waals surface area contributed by atoms with Crippen LogP contribution >= 0.6 is 0 Å². The van der Waals surface area contributed by atoms with Crippen LogP contribution in [-0.4, -0.2) is 53.8 Å². The molecule has 0 unspecified atom stereocenters. The van der Waals surface area contributed by atoms with E-state index in [1.165, 1.54) is 4.90 Å². The van der Waals surface area contributed by atoms with Gasteiger partial charge in [0.1, 0.15) is 0 Å². The molecule has 1 aromatic carbocycles. The standard InChI is InChI=1S/C16H19N3O3/c20-14(18-9-4-8-17-11-18)7-3-10-19-15(21)12-5-1-2-6-13(12)16(19)22/h1-2,5-6,17H,3-4,7-11H2. The first-order valence-electron chi connectivity index (χ1n) is 7.62. The highest BCUT2D eigenvalue weighted by Gasteiger charge is 2.34. The number of carbonyl (C=O) groups excluding carboxylic acids is 3. The van der Waals surface area contributed by atoms with Crippen molar-refractivity contribution in [2.45, 2.75) is 19.3 Å². The van der Waals surface area contributed by atoms with Gasteiger partial charge in [0.2, 0.25) is 5.91 Å². The fourth-order valence-electron chi connectivity index (χ4n) is 2.89. The molecule has 0 bridgehead atoms. The van der Waals surface area contributed by atoms with Crippen LogP contribution in [0.3, 0.4) is 0 Å². The molecule has 1 saturated heterocycles. The molecule has 2 aliphatic rings. The normalized spacial score (nSPS) is 17.8. The van der Waals surface area contributed by atoms with E-state index >= 15 is 0 Å². The molecule has 0 radical (unpaired) electrons. The minimum Gasteiger partial charge on any atom is -0.330 e. The van der Waals surface area contributed by atoms with E-state index in [9.17, 15) is 14.4 Å². The van der Waals surface area contributed by atoms with E-state index in [2.05, 4.69) is 5.32 Å². The SMILES string of the molecule is O=C(CCCN1C(=O)c2ccccc2C1=O)N1CCCNC1. The van der Waals surface area contributed by atoms with Gasteiger partial charge in [-0.1, -0.05) is 12.1 Å². The van der Waals surface area contributed by atoms with Gasteiger partial charge in [0, 0.05) is 19.5 Å². The van der Waals surface area contributed by atoms with Crippen molar-refractivity contribution in [3.05, 3.63) is 35.4 Å². The average Bonchev–Trinajstić information content (AvgIpc) is 2.81. The van der Waals surface area contributed by atoms with Crippen LogP contribution in [0.2, 0.25) is 0 Å². The molecule has 6 heteroatoms. The summed E-state index contributed by atoms with van der Waals surface area (Å²) in [6.07, 6.45) is 1.82. The Balaban J connectivity index is 1.53. The first kappa shape index (κ1) is 14.7. The Labute approximate surface area is 129 Å². The summed E-state index contributed by atoms with van der Waals surface area (Å²) in [4.78, 5) is 39.4. The molecule has 1 fully saturated rings. The second kappa shape index (κ2) is 6.27. The van der Waals surface area contributed by atoms with Crippen molar-refractivity contribution in [2.75, 3.05) is 26.3 Å². The molecule has 0 spiro atoms. The van der Waals surface area contributed by atoms with Crippen LogP contribution in [0.5, 0.6) is 0 Å². The maximum atomic E-state index is 12.2. The summed E-state index contributed by atoms with van der Waals surface area (Å²) in [5, 5.41) is 3.16. The van der Waals surface area contributed by atoms with E-state index in [4.69, 9.17) is 0 Å². The zero-order valence-corrected chi connectivity index (χ0v) is 12.4. The molecule has 0 saturated carbocycles. The van der Waals surface area contributed by atoms with Gasteiger partial charge in [-0.05, 0) is 31.5 Å². The molecule has 6 nitrogen and oxygen atoms in total. The van der Waals surface area contributed by atoms with E-state index < -0.39 is 0 Å². The van der Waals surface area contributed by atoms with Gasteiger partial charge in [0.25, 0.3) is 11.8 Å². The largest absolute Gasteiger partial charge is 0.330 e. The minimum absolute atomic E-state index is 0.0730. The lowest BCUT2D eigenvalue weighted by Gasteiger charge is -2.27. The topological polar surface area (TPSA) is 69.7 Å². The van der Waals surface area contributed by atoms with Crippen LogP contribution in [0.1, 0.15) is 40.0 Å². The first-order chi connectivity index (χ1) is 10.7. The second-order valence-corrected chi connectivity index (χ2v) is 5.58. The van der Waals surface area contributed by atoms with E-state index in [0.717, 1.165) is 19.5 Å². The van der Waals surface area contributed by atoms with Gasteiger partial charge in [0.05, 0.1) is 17.8 Å². The number of hydrogen-bond acceptors (Lipinski definition) is 4. The van der Waals surface area contributed by atoms with Crippen molar-refractivity contribution in [1.29, 1.82) is 0 Å². The first-order valence-corrected chi connectivity index (χ1v) is 7.62. The number of benzene rings is 1. The Morgan fingerprint density at radius 3 is 2.41 bits per heavy atom. The summed E-state index contributed by atoms with van der Waals surface area (Å²) < 4.78 is 0. The summed E-state index contributed by atoms with van der Waals surface area (Å²) in [6.45, 7) is 2.60. The number of fused-ring (bicyclic) bond motifs is 1. The van der Waals surface area contributed by atoms with Crippen LogP contribution in [0, 0.1) is 0 Å². The molecule has 0 atom stereocenters. The Hall–Kier alpha value is -2.21. The zero-order chi connectivity index (χ0) is 15.5. The maximum absolute atomic E-state index is 12.2.